The molecule has 1 saturated heterocycles. The predicted octanol–water partition coefficient (Wildman–Crippen LogP) is 3.54. The number of fused-ring (bicyclic) bond motifs is 1. The summed E-state index contributed by atoms with van der Waals surface area (Å²) in [6.07, 6.45) is 4.42. The Morgan fingerprint density at radius 2 is 1.94 bits per heavy atom. The first kappa shape index (κ1) is 10.9. The molecule has 0 bridgehead atoms. The number of nitrogens with one attached hydrogen (secondary N) is 1. The van der Waals surface area contributed by atoms with Gasteiger partial charge in [0.2, 0.25) is 0 Å². The summed E-state index contributed by atoms with van der Waals surface area (Å²) in [5.41, 5.74) is 2.30. The fraction of sp³-hybridized carbons (Fsp3) is 0.357. The van der Waals surface area contributed by atoms with E-state index in [1.807, 2.05) is 12.3 Å². The highest BCUT2D eigenvalue weighted by Gasteiger charge is 2.14. The summed E-state index contributed by atoms with van der Waals surface area (Å²) in [6.45, 7) is 0. The molecule has 3 heteroatoms. The molecule has 0 amide bonds. The van der Waals surface area contributed by atoms with E-state index in [1.54, 1.807) is 0 Å². The highest BCUT2D eigenvalue weighted by Crippen LogP contribution is 2.25. The van der Waals surface area contributed by atoms with Crippen LogP contribution in [0.1, 0.15) is 12.8 Å². The maximum Gasteiger partial charge on any atom is 0.0722 e. The van der Waals surface area contributed by atoms with Gasteiger partial charge >= 0.3 is 0 Å². The molecule has 2 nitrogen and oxygen atoms in total. The molecule has 2 aromatic rings. The van der Waals surface area contributed by atoms with Crippen LogP contribution < -0.4 is 5.32 Å². The topological polar surface area (TPSA) is 24.9 Å². The standard InChI is InChI=1S/C14H16N2S/c1-2-4-13-12(3-1)14(5-8-15-13)16-11-6-9-17-10-7-11/h1-5,8,11H,6-7,9-10H2,(H,15,16). The number of benzene rings is 1. The number of aromatic nitrogens is 1. The van der Waals surface area contributed by atoms with Gasteiger partial charge < -0.3 is 5.32 Å². The Labute approximate surface area is 106 Å². The van der Waals surface area contributed by atoms with Gasteiger partial charge in [-0.05, 0) is 36.5 Å². The molecule has 88 valence electrons. The lowest BCUT2D eigenvalue weighted by Crippen LogP contribution is -2.24. The zero-order chi connectivity index (χ0) is 11.5. The summed E-state index contributed by atoms with van der Waals surface area (Å²) >= 11 is 2.06. The van der Waals surface area contributed by atoms with Crippen LogP contribution >= 0.6 is 11.8 Å². The summed E-state index contributed by atoms with van der Waals surface area (Å²) in [5.74, 6) is 2.56. The van der Waals surface area contributed by atoms with E-state index in [-0.39, 0.29) is 0 Å². The summed E-state index contributed by atoms with van der Waals surface area (Å²) in [6, 6.07) is 11.0. The van der Waals surface area contributed by atoms with Gasteiger partial charge in [0.1, 0.15) is 0 Å². The van der Waals surface area contributed by atoms with E-state index in [4.69, 9.17) is 0 Å². The molecule has 1 aromatic heterocycles. The van der Waals surface area contributed by atoms with Gasteiger partial charge in [0.25, 0.3) is 0 Å². The molecular formula is C14H16N2S. The molecule has 1 N–H and O–H groups in total. The Hall–Kier alpha value is -1.22. The second-order valence-corrected chi connectivity index (χ2v) is 5.63. The first-order valence-corrected chi connectivity index (χ1v) is 7.27. The molecule has 0 radical (unpaired) electrons. The predicted molar refractivity (Wildman–Crippen MR) is 75.7 cm³/mol. The lowest BCUT2D eigenvalue weighted by atomic mass is 10.1. The van der Waals surface area contributed by atoms with Crippen molar-refractivity contribution in [2.45, 2.75) is 18.9 Å². The van der Waals surface area contributed by atoms with Crippen molar-refractivity contribution in [3.63, 3.8) is 0 Å². The van der Waals surface area contributed by atoms with Crippen molar-refractivity contribution in [3.8, 4) is 0 Å². The number of thioether (sulfide) groups is 1. The number of hydrogen-bond donors (Lipinski definition) is 1. The Kier molecular flexibility index (Phi) is 3.18. The van der Waals surface area contributed by atoms with Crippen LogP contribution in [0.5, 0.6) is 0 Å². The zero-order valence-electron chi connectivity index (χ0n) is 9.73. The first-order valence-electron chi connectivity index (χ1n) is 6.11. The molecular weight excluding hydrogens is 228 g/mol. The largest absolute Gasteiger partial charge is 0.382 e. The van der Waals surface area contributed by atoms with Crippen LogP contribution in [-0.2, 0) is 0 Å². The van der Waals surface area contributed by atoms with Crippen molar-refractivity contribution in [2.24, 2.45) is 0 Å². The zero-order valence-corrected chi connectivity index (χ0v) is 10.5. The Balaban J connectivity index is 1.89. The van der Waals surface area contributed by atoms with E-state index >= 15 is 0 Å². The van der Waals surface area contributed by atoms with Gasteiger partial charge in [0.05, 0.1) is 5.52 Å². The van der Waals surface area contributed by atoms with Crippen LogP contribution in [-0.4, -0.2) is 22.5 Å². The summed E-state index contributed by atoms with van der Waals surface area (Å²) in [5, 5.41) is 4.90. The molecule has 1 aliphatic heterocycles. The molecule has 0 unspecified atom stereocenters. The van der Waals surface area contributed by atoms with Crippen molar-refractivity contribution in [1.29, 1.82) is 0 Å². The molecule has 0 spiro atoms. The van der Waals surface area contributed by atoms with E-state index in [0.29, 0.717) is 6.04 Å². The Morgan fingerprint density at radius 3 is 2.82 bits per heavy atom. The van der Waals surface area contributed by atoms with E-state index in [1.165, 1.54) is 35.4 Å². The third-order valence-corrected chi connectivity index (χ3v) is 4.28. The molecule has 1 fully saturated rings. The second-order valence-electron chi connectivity index (χ2n) is 4.41. The molecule has 2 heterocycles. The highest BCUT2D eigenvalue weighted by molar-refractivity contribution is 7.99. The Morgan fingerprint density at radius 1 is 1.12 bits per heavy atom. The van der Waals surface area contributed by atoms with Gasteiger partial charge in [-0.2, -0.15) is 11.8 Å². The SMILES string of the molecule is c1ccc2c(NC3CCSCC3)ccnc2c1. The van der Waals surface area contributed by atoms with E-state index in [2.05, 4.69) is 46.3 Å². The highest BCUT2D eigenvalue weighted by atomic mass is 32.2. The smallest absolute Gasteiger partial charge is 0.0722 e. The minimum Gasteiger partial charge on any atom is -0.382 e. The van der Waals surface area contributed by atoms with E-state index in [9.17, 15) is 0 Å². The number of anilines is 1. The molecule has 0 atom stereocenters. The number of rotatable bonds is 2. The van der Waals surface area contributed by atoms with Gasteiger partial charge in [-0.3, -0.25) is 4.98 Å². The van der Waals surface area contributed by atoms with Crippen LogP contribution in [0.4, 0.5) is 5.69 Å². The second kappa shape index (κ2) is 4.96. The minimum atomic E-state index is 0.627. The van der Waals surface area contributed by atoms with Crippen molar-refractivity contribution < 1.29 is 0 Å². The number of pyridine rings is 1. The molecule has 17 heavy (non-hydrogen) atoms. The summed E-state index contributed by atoms with van der Waals surface area (Å²) in [4.78, 5) is 4.39. The van der Waals surface area contributed by atoms with Crippen molar-refractivity contribution in [2.75, 3.05) is 16.8 Å². The van der Waals surface area contributed by atoms with E-state index < -0.39 is 0 Å². The fourth-order valence-corrected chi connectivity index (χ4v) is 3.39. The van der Waals surface area contributed by atoms with Gasteiger partial charge in [-0.15, -0.1) is 0 Å². The molecule has 3 rings (SSSR count). The Bertz CT molecular complexity index is 501. The third-order valence-electron chi connectivity index (χ3n) is 3.23. The van der Waals surface area contributed by atoms with Crippen LogP contribution in [0.2, 0.25) is 0 Å². The van der Waals surface area contributed by atoms with Gasteiger partial charge in [0.15, 0.2) is 0 Å². The lowest BCUT2D eigenvalue weighted by molar-refractivity contribution is 0.667. The van der Waals surface area contributed by atoms with Crippen LogP contribution in [0.15, 0.2) is 36.5 Å². The van der Waals surface area contributed by atoms with Crippen molar-refractivity contribution in [3.05, 3.63) is 36.5 Å². The molecule has 0 aliphatic carbocycles. The average molecular weight is 244 g/mol. The fourth-order valence-electron chi connectivity index (χ4n) is 2.28. The summed E-state index contributed by atoms with van der Waals surface area (Å²) < 4.78 is 0. The molecule has 1 aromatic carbocycles. The number of nitrogens with zero attached hydrogens (tertiary/aromatic N) is 1. The average Bonchev–Trinajstić information content (AvgIpc) is 2.40. The van der Waals surface area contributed by atoms with Gasteiger partial charge in [0, 0.05) is 23.3 Å². The lowest BCUT2D eigenvalue weighted by Gasteiger charge is -2.24. The van der Waals surface area contributed by atoms with Crippen molar-refractivity contribution >= 4 is 28.4 Å². The molecule has 1 aliphatic rings. The normalized spacial score (nSPS) is 17.2. The van der Waals surface area contributed by atoms with Crippen LogP contribution in [0, 0.1) is 0 Å². The minimum absolute atomic E-state index is 0.627. The third kappa shape index (κ3) is 2.39. The van der Waals surface area contributed by atoms with Gasteiger partial charge in [-0.1, -0.05) is 18.2 Å². The monoisotopic (exact) mass is 244 g/mol. The molecule has 0 saturated carbocycles. The maximum absolute atomic E-state index is 4.39. The van der Waals surface area contributed by atoms with Gasteiger partial charge in [-0.25, -0.2) is 0 Å². The first-order chi connectivity index (χ1) is 8.43. The van der Waals surface area contributed by atoms with E-state index in [0.717, 1.165) is 5.52 Å². The van der Waals surface area contributed by atoms with Crippen LogP contribution in [0.3, 0.4) is 0 Å². The van der Waals surface area contributed by atoms with Crippen LogP contribution in [0.25, 0.3) is 10.9 Å². The number of hydrogen-bond acceptors (Lipinski definition) is 3. The maximum atomic E-state index is 4.39. The quantitative estimate of drug-likeness (QED) is 0.874. The van der Waals surface area contributed by atoms with Crippen molar-refractivity contribution in [1.82, 2.24) is 4.98 Å². The number of para-hydroxylation sites is 1. The summed E-state index contributed by atoms with van der Waals surface area (Å²) in [7, 11) is 0.